The highest BCUT2D eigenvalue weighted by Gasteiger charge is 2.09. The molecule has 4 nitrogen and oxygen atoms in total. The largest absolute Gasteiger partial charge is 0.495 e. The molecule has 0 unspecified atom stereocenters. The number of hydrazine groups is 1. The summed E-state index contributed by atoms with van der Waals surface area (Å²) < 4.78 is 5.32. The van der Waals surface area contributed by atoms with Gasteiger partial charge in [-0.1, -0.05) is 50.2 Å². The van der Waals surface area contributed by atoms with Crippen LogP contribution in [-0.4, -0.2) is 13.0 Å². The number of benzene rings is 2. The monoisotopic (exact) mass is 284 g/mol. The molecule has 0 radical (unpaired) electrons. The van der Waals surface area contributed by atoms with Crippen LogP contribution in [0.3, 0.4) is 0 Å². The van der Waals surface area contributed by atoms with Crippen LogP contribution in [0.5, 0.6) is 5.75 Å². The fraction of sp³-hybridized carbons (Fsp3) is 0.235. The third-order valence-corrected chi connectivity index (χ3v) is 3.15. The molecule has 1 amide bonds. The second kappa shape index (κ2) is 6.79. The van der Waals surface area contributed by atoms with Crippen LogP contribution in [0.25, 0.3) is 11.1 Å². The molecule has 0 heterocycles. The molecule has 0 aromatic heterocycles. The van der Waals surface area contributed by atoms with E-state index in [2.05, 4.69) is 10.9 Å². The Morgan fingerprint density at radius 1 is 1.05 bits per heavy atom. The molecule has 0 saturated carbocycles. The van der Waals surface area contributed by atoms with Crippen molar-refractivity contribution in [2.24, 2.45) is 5.92 Å². The minimum Gasteiger partial charge on any atom is -0.495 e. The summed E-state index contributed by atoms with van der Waals surface area (Å²) >= 11 is 0. The molecule has 0 aliphatic carbocycles. The number of rotatable bonds is 5. The van der Waals surface area contributed by atoms with Crippen molar-refractivity contribution in [1.29, 1.82) is 0 Å². The van der Waals surface area contributed by atoms with E-state index in [0.29, 0.717) is 5.75 Å². The van der Waals surface area contributed by atoms with Gasteiger partial charge >= 0.3 is 0 Å². The molecule has 0 saturated heterocycles. The quantitative estimate of drug-likeness (QED) is 0.827. The second-order valence-corrected chi connectivity index (χ2v) is 5.05. The summed E-state index contributed by atoms with van der Waals surface area (Å²) in [6.45, 7) is 3.68. The van der Waals surface area contributed by atoms with Crippen LogP contribution < -0.4 is 15.6 Å². The maximum Gasteiger partial charge on any atom is 0.240 e. The molecule has 21 heavy (non-hydrogen) atoms. The van der Waals surface area contributed by atoms with E-state index in [-0.39, 0.29) is 11.8 Å². The SMILES string of the molecule is COc1ccc(-c2ccccc2)cc1NNC(=O)C(C)C. The summed E-state index contributed by atoms with van der Waals surface area (Å²) in [5.74, 6) is 0.529. The van der Waals surface area contributed by atoms with Gasteiger partial charge in [0.25, 0.3) is 0 Å². The van der Waals surface area contributed by atoms with E-state index in [1.165, 1.54) is 0 Å². The van der Waals surface area contributed by atoms with E-state index < -0.39 is 0 Å². The maximum absolute atomic E-state index is 11.7. The third-order valence-electron chi connectivity index (χ3n) is 3.15. The Morgan fingerprint density at radius 3 is 2.38 bits per heavy atom. The minimum absolute atomic E-state index is 0.0674. The number of ether oxygens (including phenoxy) is 1. The lowest BCUT2D eigenvalue weighted by Crippen LogP contribution is -2.32. The average Bonchev–Trinajstić information content (AvgIpc) is 2.53. The number of carbonyl (C=O) groups is 1. The number of carbonyl (C=O) groups excluding carboxylic acids is 1. The first-order valence-corrected chi connectivity index (χ1v) is 6.91. The van der Waals surface area contributed by atoms with Gasteiger partial charge in [-0.15, -0.1) is 0 Å². The minimum atomic E-state index is -0.0826. The van der Waals surface area contributed by atoms with E-state index in [4.69, 9.17) is 4.74 Å². The van der Waals surface area contributed by atoms with Crippen LogP contribution in [0, 0.1) is 5.92 Å². The van der Waals surface area contributed by atoms with E-state index in [9.17, 15) is 4.79 Å². The fourth-order valence-electron chi connectivity index (χ4n) is 1.89. The normalized spacial score (nSPS) is 10.3. The van der Waals surface area contributed by atoms with Crippen molar-refractivity contribution in [3.05, 3.63) is 48.5 Å². The zero-order chi connectivity index (χ0) is 15.2. The first-order chi connectivity index (χ1) is 10.1. The van der Waals surface area contributed by atoms with Crippen LogP contribution in [0.15, 0.2) is 48.5 Å². The van der Waals surface area contributed by atoms with Gasteiger partial charge < -0.3 is 4.74 Å². The molecular formula is C17H20N2O2. The number of amides is 1. The molecule has 0 atom stereocenters. The molecule has 0 bridgehead atoms. The molecule has 0 fully saturated rings. The summed E-state index contributed by atoms with van der Waals surface area (Å²) in [6, 6.07) is 15.9. The zero-order valence-corrected chi connectivity index (χ0v) is 12.5. The van der Waals surface area contributed by atoms with Crippen molar-refractivity contribution in [1.82, 2.24) is 5.43 Å². The molecule has 2 rings (SSSR count). The second-order valence-electron chi connectivity index (χ2n) is 5.05. The highest BCUT2D eigenvalue weighted by Crippen LogP contribution is 2.30. The number of hydrogen-bond acceptors (Lipinski definition) is 3. The van der Waals surface area contributed by atoms with Crippen molar-refractivity contribution in [3.8, 4) is 16.9 Å². The third kappa shape index (κ3) is 3.75. The predicted octanol–water partition coefficient (Wildman–Crippen LogP) is 3.46. The Morgan fingerprint density at radius 2 is 1.76 bits per heavy atom. The average molecular weight is 284 g/mol. The van der Waals surface area contributed by atoms with Crippen molar-refractivity contribution < 1.29 is 9.53 Å². The van der Waals surface area contributed by atoms with Gasteiger partial charge in [0.1, 0.15) is 5.75 Å². The van der Waals surface area contributed by atoms with E-state index in [1.807, 2.05) is 62.4 Å². The lowest BCUT2D eigenvalue weighted by Gasteiger charge is -2.15. The summed E-state index contributed by atoms with van der Waals surface area (Å²) in [6.07, 6.45) is 0. The summed E-state index contributed by atoms with van der Waals surface area (Å²) in [5, 5.41) is 0. The Kier molecular flexibility index (Phi) is 4.82. The number of anilines is 1. The summed E-state index contributed by atoms with van der Waals surface area (Å²) in [7, 11) is 1.60. The smallest absolute Gasteiger partial charge is 0.240 e. The van der Waals surface area contributed by atoms with Crippen LogP contribution in [0.2, 0.25) is 0 Å². The summed E-state index contributed by atoms with van der Waals surface area (Å²) in [4.78, 5) is 11.7. The maximum atomic E-state index is 11.7. The van der Waals surface area contributed by atoms with Crippen LogP contribution in [0.4, 0.5) is 5.69 Å². The van der Waals surface area contributed by atoms with Gasteiger partial charge in [-0.3, -0.25) is 15.6 Å². The van der Waals surface area contributed by atoms with Crippen molar-refractivity contribution in [3.63, 3.8) is 0 Å². The topological polar surface area (TPSA) is 50.4 Å². The zero-order valence-electron chi connectivity index (χ0n) is 12.5. The highest BCUT2D eigenvalue weighted by atomic mass is 16.5. The molecule has 0 spiro atoms. The Bertz CT molecular complexity index is 609. The van der Waals surface area contributed by atoms with Gasteiger partial charge in [0.2, 0.25) is 5.91 Å². The van der Waals surface area contributed by atoms with Gasteiger partial charge in [-0.25, -0.2) is 0 Å². The lowest BCUT2D eigenvalue weighted by atomic mass is 10.0. The number of nitrogens with one attached hydrogen (secondary N) is 2. The molecular weight excluding hydrogens is 264 g/mol. The molecule has 4 heteroatoms. The number of methoxy groups -OCH3 is 1. The standard InChI is InChI=1S/C17H20N2O2/c1-12(2)17(20)19-18-15-11-14(9-10-16(15)21-3)13-7-5-4-6-8-13/h4-12,18H,1-3H3,(H,19,20). The fourth-order valence-corrected chi connectivity index (χ4v) is 1.89. The number of hydrogen-bond donors (Lipinski definition) is 2. The first kappa shape index (κ1) is 14.9. The van der Waals surface area contributed by atoms with Gasteiger partial charge in [0.15, 0.2) is 0 Å². The Hall–Kier alpha value is -2.49. The van der Waals surface area contributed by atoms with Gasteiger partial charge in [-0.2, -0.15) is 0 Å². The predicted molar refractivity (Wildman–Crippen MR) is 85.0 cm³/mol. The van der Waals surface area contributed by atoms with Crippen molar-refractivity contribution in [2.45, 2.75) is 13.8 Å². The van der Waals surface area contributed by atoms with E-state index in [0.717, 1.165) is 16.8 Å². The van der Waals surface area contributed by atoms with Crippen LogP contribution in [0.1, 0.15) is 13.8 Å². The van der Waals surface area contributed by atoms with Gasteiger partial charge in [0.05, 0.1) is 12.8 Å². The van der Waals surface area contributed by atoms with Crippen LogP contribution >= 0.6 is 0 Å². The Labute approximate surface area is 125 Å². The van der Waals surface area contributed by atoms with Crippen LogP contribution in [-0.2, 0) is 4.79 Å². The molecule has 2 N–H and O–H groups in total. The first-order valence-electron chi connectivity index (χ1n) is 6.91. The van der Waals surface area contributed by atoms with E-state index in [1.54, 1.807) is 7.11 Å². The molecule has 0 aliphatic rings. The lowest BCUT2D eigenvalue weighted by molar-refractivity contribution is -0.123. The molecule has 2 aromatic carbocycles. The van der Waals surface area contributed by atoms with Crippen molar-refractivity contribution >= 4 is 11.6 Å². The highest BCUT2D eigenvalue weighted by molar-refractivity contribution is 5.80. The molecule has 2 aromatic rings. The molecule has 0 aliphatic heterocycles. The van der Waals surface area contributed by atoms with Gasteiger partial charge in [0, 0.05) is 5.92 Å². The Balaban J connectivity index is 2.24. The van der Waals surface area contributed by atoms with E-state index >= 15 is 0 Å². The summed E-state index contributed by atoms with van der Waals surface area (Å²) in [5.41, 5.74) is 8.51. The molecule has 110 valence electrons. The van der Waals surface area contributed by atoms with Gasteiger partial charge in [-0.05, 0) is 23.3 Å². The van der Waals surface area contributed by atoms with Crippen molar-refractivity contribution in [2.75, 3.05) is 12.5 Å².